The number of carboxylic acid groups (broad SMARTS) is 1. The van der Waals surface area contributed by atoms with Gasteiger partial charge in [0.05, 0.1) is 23.6 Å². The van der Waals surface area contributed by atoms with Crippen LogP contribution in [0.15, 0.2) is 66.9 Å². The molecular formula is C26H26F3N3O3. The average Bonchev–Trinajstić information content (AvgIpc) is 2.83. The van der Waals surface area contributed by atoms with Crippen molar-refractivity contribution in [1.82, 2.24) is 10.3 Å². The zero-order chi connectivity index (χ0) is 25.4. The molecule has 1 aromatic heterocycles. The molecule has 2 aromatic carbocycles. The summed E-state index contributed by atoms with van der Waals surface area (Å²) in [6.45, 7) is 2.10. The maximum Gasteiger partial charge on any atom is 0.416 e. The Bertz CT molecular complexity index is 1130. The molecule has 1 heterocycles. The summed E-state index contributed by atoms with van der Waals surface area (Å²) in [5.41, 5.74) is 2.16. The van der Waals surface area contributed by atoms with Gasteiger partial charge in [-0.25, -0.2) is 4.98 Å². The lowest BCUT2D eigenvalue weighted by Crippen LogP contribution is -2.26. The number of pyridine rings is 1. The number of rotatable bonds is 10. The van der Waals surface area contributed by atoms with Crippen LogP contribution in [0, 0.1) is 0 Å². The van der Waals surface area contributed by atoms with Crippen molar-refractivity contribution in [2.24, 2.45) is 0 Å². The van der Waals surface area contributed by atoms with Gasteiger partial charge in [0.15, 0.2) is 0 Å². The highest BCUT2D eigenvalue weighted by Crippen LogP contribution is 2.32. The third-order valence-corrected chi connectivity index (χ3v) is 5.41. The SMILES string of the molecule is CCC[C@@H](Nc1ccc(C(=O)NCCC(=O)O)cn1)c1ccc(-c2ccc(C(F)(F)F)cc2)cc1. The summed E-state index contributed by atoms with van der Waals surface area (Å²) < 4.78 is 38.4. The number of carbonyl (C=O) groups is 2. The van der Waals surface area contributed by atoms with E-state index < -0.39 is 23.6 Å². The van der Waals surface area contributed by atoms with Gasteiger partial charge in [-0.15, -0.1) is 0 Å². The minimum absolute atomic E-state index is 0.0369. The normalized spacial score (nSPS) is 12.1. The summed E-state index contributed by atoms with van der Waals surface area (Å²) in [7, 11) is 0. The molecule has 3 rings (SSSR count). The summed E-state index contributed by atoms with van der Waals surface area (Å²) >= 11 is 0. The van der Waals surface area contributed by atoms with Crippen LogP contribution in [0.5, 0.6) is 0 Å². The van der Waals surface area contributed by atoms with Crippen molar-refractivity contribution in [3.8, 4) is 11.1 Å². The van der Waals surface area contributed by atoms with Gasteiger partial charge in [-0.1, -0.05) is 49.7 Å². The van der Waals surface area contributed by atoms with E-state index in [1.165, 1.54) is 18.3 Å². The van der Waals surface area contributed by atoms with Gasteiger partial charge in [-0.05, 0) is 47.4 Å². The zero-order valence-corrected chi connectivity index (χ0v) is 19.1. The number of aliphatic carboxylic acids is 1. The number of amides is 1. The summed E-state index contributed by atoms with van der Waals surface area (Å²) in [4.78, 5) is 26.9. The second kappa shape index (κ2) is 11.5. The summed E-state index contributed by atoms with van der Waals surface area (Å²) in [5, 5.41) is 14.5. The molecule has 0 aliphatic rings. The predicted molar refractivity (Wildman–Crippen MR) is 127 cm³/mol. The number of nitrogens with one attached hydrogen (secondary N) is 2. The van der Waals surface area contributed by atoms with Crippen molar-refractivity contribution in [1.29, 1.82) is 0 Å². The van der Waals surface area contributed by atoms with E-state index in [1.54, 1.807) is 12.1 Å². The summed E-state index contributed by atoms with van der Waals surface area (Å²) in [6, 6.07) is 15.9. The van der Waals surface area contributed by atoms with Crippen LogP contribution < -0.4 is 10.6 Å². The predicted octanol–water partition coefficient (Wildman–Crippen LogP) is 5.93. The fourth-order valence-corrected chi connectivity index (χ4v) is 3.55. The Balaban J connectivity index is 1.67. The largest absolute Gasteiger partial charge is 0.481 e. The molecule has 9 heteroatoms. The first kappa shape index (κ1) is 25.7. The maximum absolute atomic E-state index is 12.8. The van der Waals surface area contributed by atoms with Crippen LogP contribution in [0.1, 0.15) is 53.7 Å². The monoisotopic (exact) mass is 485 g/mol. The van der Waals surface area contributed by atoms with Crippen LogP contribution in [0.25, 0.3) is 11.1 Å². The van der Waals surface area contributed by atoms with Gasteiger partial charge in [-0.2, -0.15) is 13.2 Å². The molecule has 35 heavy (non-hydrogen) atoms. The standard InChI is InChI=1S/C26H26F3N3O3/c1-2-3-22(32-23-13-10-20(16-31-23)25(35)30-15-14-24(33)34)19-6-4-17(5-7-19)18-8-11-21(12-9-18)26(27,28)29/h4-13,16,22H,2-3,14-15H2,1H3,(H,30,35)(H,31,32)(H,33,34)/t22-/m1/s1. The Morgan fingerprint density at radius 2 is 1.60 bits per heavy atom. The van der Waals surface area contributed by atoms with E-state index >= 15 is 0 Å². The van der Waals surface area contributed by atoms with Crippen LogP contribution >= 0.6 is 0 Å². The van der Waals surface area contributed by atoms with Gasteiger partial charge in [-0.3, -0.25) is 9.59 Å². The van der Waals surface area contributed by atoms with Crippen LogP contribution in [0.4, 0.5) is 19.0 Å². The van der Waals surface area contributed by atoms with Gasteiger partial charge in [0.2, 0.25) is 0 Å². The number of carbonyl (C=O) groups excluding carboxylic acids is 1. The fourth-order valence-electron chi connectivity index (χ4n) is 3.55. The van der Waals surface area contributed by atoms with Crippen LogP contribution in [-0.4, -0.2) is 28.5 Å². The number of aromatic nitrogens is 1. The van der Waals surface area contributed by atoms with Crippen molar-refractivity contribution in [3.63, 3.8) is 0 Å². The topological polar surface area (TPSA) is 91.3 Å². The first-order valence-electron chi connectivity index (χ1n) is 11.2. The van der Waals surface area contributed by atoms with E-state index in [1.807, 2.05) is 24.3 Å². The van der Waals surface area contributed by atoms with Crippen LogP contribution in [0.3, 0.4) is 0 Å². The molecule has 3 aromatic rings. The minimum Gasteiger partial charge on any atom is -0.481 e. The first-order chi connectivity index (χ1) is 16.7. The molecule has 0 aliphatic heterocycles. The molecule has 1 amide bonds. The Hall–Kier alpha value is -3.88. The molecule has 1 atom stereocenters. The first-order valence-corrected chi connectivity index (χ1v) is 11.2. The summed E-state index contributed by atoms with van der Waals surface area (Å²) in [6.07, 6.45) is -1.37. The Kier molecular flexibility index (Phi) is 8.46. The van der Waals surface area contributed by atoms with Crippen molar-refractivity contribution < 1.29 is 27.9 Å². The van der Waals surface area contributed by atoms with E-state index in [9.17, 15) is 22.8 Å². The fraction of sp³-hybridized carbons (Fsp3) is 0.269. The zero-order valence-electron chi connectivity index (χ0n) is 19.1. The highest BCUT2D eigenvalue weighted by molar-refractivity contribution is 5.94. The number of carboxylic acids is 1. The van der Waals surface area contributed by atoms with Crippen molar-refractivity contribution >= 4 is 17.7 Å². The van der Waals surface area contributed by atoms with E-state index in [0.29, 0.717) is 16.9 Å². The third kappa shape index (κ3) is 7.30. The van der Waals surface area contributed by atoms with E-state index in [4.69, 9.17) is 5.11 Å². The minimum atomic E-state index is -4.36. The molecule has 0 unspecified atom stereocenters. The van der Waals surface area contributed by atoms with Gasteiger partial charge in [0, 0.05) is 12.7 Å². The number of halogens is 3. The Labute approximate surface area is 201 Å². The van der Waals surface area contributed by atoms with Crippen molar-refractivity contribution in [3.05, 3.63) is 83.6 Å². The van der Waals surface area contributed by atoms with E-state index in [0.717, 1.165) is 36.1 Å². The van der Waals surface area contributed by atoms with Gasteiger partial charge >= 0.3 is 12.1 Å². The lowest BCUT2D eigenvalue weighted by Gasteiger charge is -2.20. The number of benzene rings is 2. The molecule has 6 nitrogen and oxygen atoms in total. The lowest BCUT2D eigenvalue weighted by molar-refractivity contribution is -0.138. The van der Waals surface area contributed by atoms with Crippen molar-refractivity contribution in [2.45, 2.75) is 38.4 Å². The quantitative estimate of drug-likeness (QED) is 0.331. The highest BCUT2D eigenvalue weighted by atomic mass is 19.4. The average molecular weight is 486 g/mol. The molecular weight excluding hydrogens is 459 g/mol. The van der Waals surface area contributed by atoms with Crippen molar-refractivity contribution in [2.75, 3.05) is 11.9 Å². The number of anilines is 1. The lowest BCUT2D eigenvalue weighted by atomic mass is 9.98. The molecule has 0 spiro atoms. The van der Waals surface area contributed by atoms with E-state index in [-0.39, 0.29) is 19.0 Å². The molecule has 0 saturated carbocycles. The number of hydrogen-bond donors (Lipinski definition) is 3. The number of hydrogen-bond acceptors (Lipinski definition) is 4. The number of alkyl halides is 3. The van der Waals surface area contributed by atoms with Gasteiger partial charge in [0.25, 0.3) is 5.91 Å². The Morgan fingerprint density at radius 1 is 0.971 bits per heavy atom. The molecule has 3 N–H and O–H groups in total. The smallest absolute Gasteiger partial charge is 0.416 e. The maximum atomic E-state index is 12.8. The molecule has 0 radical (unpaired) electrons. The molecule has 0 saturated heterocycles. The highest BCUT2D eigenvalue weighted by Gasteiger charge is 2.30. The molecule has 0 fully saturated rings. The third-order valence-electron chi connectivity index (χ3n) is 5.41. The number of nitrogens with zero attached hydrogens (tertiary/aromatic N) is 1. The molecule has 0 bridgehead atoms. The van der Waals surface area contributed by atoms with E-state index in [2.05, 4.69) is 22.5 Å². The Morgan fingerprint density at radius 3 is 2.11 bits per heavy atom. The van der Waals surface area contributed by atoms with Crippen LogP contribution in [0.2, 0.25) is 0 Å². The second-order valence-corrected chi connectivity index (χ2v) is 8.01. The van der Waals surface area contributed by atoms with Crippen LogP contribution in [-0.2, 0) is 11.0 Å². The molecule has 184 valence electrons. The summed E-state index contributed by atoms with van der Waals surface area (Å²) in [5.74, 6) is -0.802. The molecule has 0 aliphatic carbocycles. The van der Waals surface area contributed by atoms with Gasteiger partial charge in [0.1, 0.15) is 5.82 Å². The second-order valence-electron chi connectivity index (χ2n) is 8.01. The van der Waals surface area contributed by atoms with Gasteiger partial charge < -0.3 is 15.7 Å².